The van der Waals surface area contributed by atoms with Crippen LogP contribution < -0.4 is 5.73 Å². The molecule has 0 unspecified atom stereocenters. The van der Waals surface area contributed by atoms with E-state index >= 15 is 0 Å². The summed E-state index contributed by atoms with van der Waals surface area (Å²) < 4.78 is 11.0. The normalized spacial score (nSPS) is 16.5. The Hall–Kier alpha value is -2.05. The minimum absolute atomic E-state index is 0.412. The van der Waals surface area contributed by atoms with E-state index in [1.165, 1.54) is 4.90 Å². The Morgan fingerprint density at radius 1 is 1.12 bits per heavy atom. The summed E-state index contributed by atoms with van der Waals surface area (Å²) >= 11 is 1.74. The van der Waals surface area contributed by atoms with Crippen molar-refractivity contribution < 1.29 is 8.94 Å². The zero-order valence-corrected chi connectivity index (χ0v) is 14.1. The maximum Gasteiger partial charge on any atom is 0.294 e. The van der Waals surface area contributed by atoms with Crippen LogP contribution in [0.15, 0.2) is 56.5 Å². The highest BCUT2D eigenvalue weighted by molar-refractivity contribution is 7.98. The highest BCUT2D eigenvalue weighted by Gasteiger charge is 2.36. The molecule has 0 saturated heterocycles. The lowest BCUT2D eigenvalue weighted by Gasteiger charge is -2.17. The number of hydrogen-bond acceptors (Lipinski definition) is 6. The van der Waals surface area contributed by atoms with Crippen LogP contribution in [0, 0.1) is 0 Å². The number of aromatic nitrogens is 2. The SMILES string of the molecule is NC1(c2noc(-c3occc3CSc3ccccc3)n2)CCCC1. The number of nitrogens with two attached hydrogens (primary N) is 1. The second kappa shape index (κ2) is 6.45. The van der Waals surface area contributed by atoms with E-state index in [-0.39, 0.29) is 0 Å². The quantitative estimate of drug-likeness (QED) is 0.695. The summed E-state index contributed by atoms with van der Waals surface area (Å²) in [4.78, 5) is 5.73. The average Bonchev–Trinajstić information content (AvgIpc) is 3.34. The molecule has 0 spiro atoms. The summed E-state index contributed by atoms with van der Waals surface area (Å²) in [5.74, 6) is 2.42. The summed E-state index contributed by atoms with van der Waals surface area (Å²) in [6, 6.07) is 12.2. The Labute approximate surface area is 144 Å². The Morgan fingerprint density at radius 3 is 2.71 bits per heavy atom. The van der Waals surface area contributed by atoms with Gasteiger partial charge >= 0.3 is 0 Å². The van der Waals surface area contributed by atoms with Gasteiger partial charge in [0, 0.05) is 16.2 Å². The monoisotopic (exact) mass is 341 g/mol. The molecule has 0 bridgehead atoms. The average molecular weight is 341 g/mol. The molecule has 124 valence electrons. The van der Waals surface area contributed by atoms with Gasteiger partial charge in [-0.05, 0) is 31.0 Å². The summed E-state index contributed by atoms with van der Waals surface area (Å²) in [6.45, 7) is 0. The van der Waals surface area contributed by atoms with Gasteiger partial charge in [0.05, 0.1) is 11.8 Å². The van der Waals surface area contributed by atoms with Gasteiger partial charge in [-0.3, -0.25) is 0 Å². The molecule has 1 aliphatic rings. The van der Waals surface area contributed by atoms with Crippen LogP contribution in [-0.2, 0) is 11.3 Å². The summed E-state index contributed by atoms with van der Waals surface area (Å²) in [6.07, 6.45) is 5.69. The smallest absolute Gasteiger partial charge is 0.294 e. The molecule has 0 aliphatic heterocycles. The van der Waals surface area contributed by atoms with Crippen LogP contribution in [0.5, 0.6) is 0 Å². The first kappa shape index (κ1) is 15.5. The van der Waals surface area contributed by atoms with Crippen LogP contribution in [0.3, 0.4) is 0 Å². The van der Waals surface area contributed by atoms with Crippen LogP contribution in [-0.4, -0.2) is 10.1 Å². The maximum absolute atomic E-state index is 6.40. The van der Waals surface area contributed by atoms with Gasteiger partial charge in [0.2, 0.25) is 0 Å². The number of benzene rings is 1. The molecule has 1 aliphatic carbocycles. The molecule has 5 nitrogen and oxygen atoms in total. The van der Waals surface area contributed by atoms with E-state index in [4.69, 9.17) is 14.7 Å². The summed E-state index contributed by atoms with van der Waals surface area (Å²) in [7, 11) is 0. The van der Waals surface area contributed by atoms with Crippen molar-refractivity contribution in [3.8, 4) is 11.7 Å². The zero-order valence-electron chi connectivity index (χ0n) is 13.3. The van der Waals surface area contributed by atoms with Crippen molar-refractivity contribution in [2.75, 3.05) is 0 Å². The fraction of sp³-hybridized carbons (Fsp3) is 0.333. The first-order valence-corrected chi connectivity index (χ1v) is 9.11. The second-order valence-corrected chi connectivity index (χ2v) is 7.21. The van der Waals surface area contributed by atoms with Gasteiger partial charge in [0.15, 0.2) is 11.6 Å². The van der Waals surface area contributed by atoms with Gasteiger partial charge in [-0.15, -0.1) is 11.8 Å². The molecule has 0 amide bonds. The minimum Gasteiger partial charge on any atom is -0.459 e. The molecular weight excluding hydrogens is 322 g/mol. The molecule has 4 rings (SSSR count). The summed E-state index contributed by atoms with van der Waals surface area (Å²) in [5.41, 5.74) is 6.99. The topological polar surface area (TPSA) is 78.1 Å². The lowest BCUT2D eigenvalue weighted by molar-refractivity contribution is 0.368. The van der Waals surface area contributed by atoms with Crippen molar-refractivity contribution in [2.24, 2.45) is 5.73 Å². The first-order chi connectivity index (χ1) is 11.7. The molecule has 24 heavy (non-hydrogen) atoms. The largest absolute Gasteiger partial charge is 0.459 e. The van der Waals surface area contributed by atoms with E-state index in [0.717, 1.165) is 37.0 Å². The molecule has 6 heteroatoms. The van der Waals surface area contributed by atoms with Gasteiger partial charge in [-0.25, -0.2) is 0 Å². The van der Waals surface area contributed by atoms with E-state index in [1.54, 1.807) is 18.0 Å². The molecule has 1 fully saturated rings. The van der Waals surface area contributed by atoms with Crippen molar-refractivity contribution in [3.05, 3.63) is 54.0 Å². The molecule has 0 atom stereocenters. The standard InChI is InChI=1S/C18H19N3O2S/c19-18(9-4-5-10-18)17-20-16(23-21-17)15-13(8-11-22-15)12-24-14-6-2-1-3-7-14/h1-3,6-8,11H,4-5,9-10,12,19H2. The fourth-order valence-electron chi connectivity index (χ4n) is 3.06. The zero-order chi connectivity index (χ0) is 16.4. The number of rotatable bonds is 5. The molecule has 0 radical (unpaired) electrons. The van der Waals surface area contributed by atoms with Crippen LogP contribution in [0.25, 0.3) is 11.7 Å². The van der Waals surface area contributed by atoms with E-state index in [0.29, 0.717) is 17.5 Å². The molecule has 1 saturated carbocycles. The lowest BCUT2D eigenvalue weighted by Crippen LogP contribution is -2.34. The number of hydrogen-bond donors (Lipinski definition) is 1. The fourth-order valence-corrected chi connectivity index (χ4v) is 3.96. The Kier molecular flexibility index (Phi) is 4.16. The molecule has 3 aromatic rings. The van der Waals surface area contributed by atoms with Gasteiger partial charge in [0.1, 0.15) is 0 Å². The van der Waals surface area contributed by atoms with Crippen molar-refractivity contribution in [1.29, 1.82) is 0 Å². The molecule has 2 heterocycles. The molecule has 2 aromatic heterocycles. The first-order valence-electron chi connectivity index (χ1n) is 8.12. The Balaban J connectivity index is 1.53. The van der Waals surface area contributed by atoms with Gasteiger partial charge < -0.3 is 14.7 Å². The van der Waals surface area contributed by atoms with Crippen molar-refractivity contribution in [2.45, 2.75) is 41.9 Å². The van der Waals surface area contributed by atoms with Crippen molar-refractivity contribution >= 4 is 11.8 Å². The maximum atomic E-state index is 6.40. The predicted molar refractivity (Wildman–Crippen MR) is 92.3 cm³/mol. The lowest BCUT2D eigenvalue weighted by atomic mass is 9.99. The summed E-state index contributed by atoms with van der Waals surface area (Å²) in [5, 5.41) is 4.11. The van der Waals surface area contributed by atoms with Gasteiger partial charge in [-0.2, -0.15) is 4.98 Å². The van der Waals surface area contributed by atoms with Crippen LogP contribution in [0.4, 0.5) is 0 Å². The van der Waals surface area contributed by atoms with Crippen LogP contribution in [0.1, 0.15) is 37.1 Å². The highest BCUT2D eigenvalue weighted by atomic mass is 32.2. The molecule has 2 N–H and O–H groups in total. The predicted octanol–water partition coefficient (Wildman–Crippen LogP) is 4.35. The Morgan fingerprint density at radius 2 is 1.92 bits per heavy atom. The second-order valence-electron chi connectivity index (χ2n) is 6.16. The third-order valence-electron chi connectivity index (χ3n) is 4.45. The number of furan rings is 1. The van der Waals surface area contributed by atoms with Crippen LogP contribution >= 0.6 is 11.8 Å². The third-order valence-corrected chi connectivity index (χ3v) is 5.51. The van der Waals surface area contributed by atoms with Crippen LogP contribution in [0.2, 0.25) is 0 Å². The van der Waals surface area contributed by atoms with Crippen molar-refractivity contribution in [3.63, 3.8) is 0 Å². The number of nitrogens with zero attached hydrogens (tertiary/aromatic N) is 2. The van der Waals surface area contributed by atoms with E-state index in [1.807, 2.05) is 24.3 Å². The molecular formula is C18H19N3O2S. The Bertz CT molecular complexity index is 807. The van der Waals surface area contributed by atoms with Crippen molar-refractivity contribution in [1.82, 2.24) is 10.1 Å². The molecule has 1 aromatic carbocycles. The van der Waals surface area contributed by atoms with Gasteiger partial charge in [-0.1, -0.05) is 36.2 Å². The minimum atomic E-state index is -0.451. The van der Waals surface area contributed by atoms with E-state index in [9.17, 15) is 0 Å². The van der Waals surface area contributed by atoms with E-state index in [2.05, 4.69) is 22.3 Å². The van der Waals surface area contributed by atoms with Gasteiger partial charge in [0.25, 0.3) is 5.89 Å². The van der Waals surface area contributed by atoms with E-state index < -0.39 is 5.54 Å². The third kappa shape index (κ3) is 2.99. The highest BCUT2D eigenvalue weighted by Crippen LogP contribution is 2.36. The number of thioether (sulfide) groups is 1.